The second kappa shape index (κ2) is 7.31. The molecule has 2 atom stereocenters. The molecule has 1 aliphatic heterocycles. The predicted octanol–water partition coefficient (Wildman–Crippen LogP) is 2.88. The summed E-state index contributed by atoms with van der Waals surface area (Å²) < 4.78 is 11.6. The molecule has 0 radical (unpaired) electrons. The molecule has 1 saturated carbocycles. The van der Waals surface area contributed by atoms with Crippen molar-refractivity contribution in [3.63, 3.8) is 0 Å². The van der Waals surface area contributed by atoms with E-state index in [-0.39, 0.29) is 23.8 Å². The number of rotatable bonds is 5. The van der Waals surface area contributed by atoms with Gasteiger partial charge < -0.3 is 20.1 Å². The van der Waals surface area contributed by atoms with Gasteiger partial charge in [-0.05, 0) is 49.6 Å². The van der Waals surface area contributed by atoms with Gasteiger partial charge in [-0.1, -0.05) is 24.3 Å². The molecule has 6 heteroatoms. The molecule has 6 nitrogen and oxygen atoms in total. The van der Waals surface area contributed by atoms with Crippen molar-refractivity contribution in [2.75, 3.05) is 5.32 Å². The van der Waals surface area contributed by atoms with Gasteiger partial charge in [0.2, 0.25) is 12.0 Å². The molecular formula is C21H22N2O4. The molecule has 2 aromatic carbocycles. The van der Waals surface area contributed by atoms with Crippen molar-refractivity contribution in [3.8, 4) is 11.5 Å². The van der Waals surface area contributed by atoms with Crippen LogP contribution in [-0.4, -0.2) is 24.0 Å². The summed E-state index contributed by atoms with van der Waals surface area (Å²) in [7, 11) is 0. The lowest BCUT2D eigenvalue weighted by Crippen LogP contribution is -2.48. The topological polar surface area (TPSA) is 76.7 Å². The van der Waals surface area contributed by atoms with Crippen LogP contribution in [0.25, 0.3) is 0 Å². The number of hydrogen-bond acceptors (Lipinski definition) is 4. The van der Waals surface area contributed by atoms with Gasteiger partial charge in [0.05, 0.1) is 0 Å². The molecule has 27 heavy (non-hydrogen) atoms. The number of anilines is 1. The molecule has 0 bridgehead atoms. The van der Waals surface area contributed by atoms with Crippen LogP contribution in [0.5, 0.6) is 11.5 Å². The summed E-state index contributed by atoms with van der Waals surface area (Å²) in [6.45, 7) is 2.16. The molecule has 1 fully saturated rings. The van der Waals surface area contributed by atoms with Crippen molar-refractivity contribution >= 4 is 17.5 Å². The van der Waals surface area contributed by atoms with Gasteiger partial charge in [0, 0.05) is 18.2 Å². The van der Waals surface area contributed by atoms with Crippen LogP contribution in [-0.2, 0) is 16.1 Å². The summed E-state index contributed by atoms with van der Waals surface area (Å²) in [4.78, 5) is 24.5. The molecule has 2 aliphatic rings. The average molecular weight is 366 g/mol. The SMILES string of the molecule is C[C@H]1Oc2ccccc2O[C@@H]1C(=O)NCc1cccc(NC(=O)C2CC2)c1. The van der Waals surface area contributed by atoms with Crippen LogP contribution in [0.15, 0.2) is 48.5 Å². The first kappa shape index (κ1) is 17.4. The van der Waals surface area contributed by atoms with Crippen LogP contribution in [0.4, 0.5) is 5.69 Å². The standard InChI is InChI=1S/C21H22N2O4/c1-13-19(27-18-8-3-2-7-17(18)26-13)21(25)22-12-14-5-4-6-16(11-14)23-20(24)15-9-10-15/h2-8,11,13,15,19H,9-10,12H2,1H3,(H,22,25)(H,23,24)/t13-,19+/m1/s1. The highest BCUT2D eigenvalue weighted by atomic mass is 16.6. The molecule has 4 rings (SSSR count). The smallest absolute Gasteiger partial charge is 0.265 e. The van der Waals surface area contributed by atoms with Crippen LogP contribution >= 0.6 is 0 Å². The molecule has 1 heterocycles. The Morgan fingerprint density at radius 1 is 1.00 bits per heavy atom. The highest BCUT2D eigenvalue weighted by molar-refractivity contribution is 5.94. The summed E-state index contributed by atoms with van der Waals surface area (Å²) in [6, 6.07) is 14.8. The number of carbonyl (C=O) groups excluding carboxylic acids is 2. The van der Waals surface area contributed by atoms with Crippen LogP contribution in [0, 0.1) is 5.92 Å². The van der Waals surface area contributed by atoms with Gasteiger partial charge in [-0.2, -0.15) is 0 Å². The third kappa shape index (κ3) is 4.05. The zero-order chi connectivity index (χ0) is 18.8. The molecule has 1 aliphatic carbocycles. The van der Waals surface area contributed by atoms with Crippen molar-refractivity contribution in [1.82, 2.24) is 5.32 Å². The summed E-state index contributed by atoms with van der Waals surface area (Å²) in [5.41, 5.74) is 1.65. The number of nitrogens with one attached hydrogen (secondary N) is 2. The summed E-state index contributed by atoms with van der Waals surface area (Å²) in [5.74, 6) is 1.20. The van der Waals surface area contributed by atoms with Crippen molar-refractivity contribution in [3.05, 3.63) is 54.1 Å². The maximum absolute atomic E-state index is 12.6. The molecular weight excluding hydrogens is 344 g/mol. The van der Waals surface area contributed by atoms with Crippen LogP contribution < -0.4 is 20.1 Å². The molecule has 0 aromatic heterocycles. The van der Waals surface area contributed by atoms with E-state index in [4.69, 9.17) is 9.47 Å². The first-order valence-corrected chi connectivity index (χ1v) is 9.20. The minimum atomic E-state index is -0.711. The van der Waals surface area contributed by atoms with Gasteiger partial charge in [-0.15, -0.1) is 0 Å². The maximum atomic E-state index is 12.6. The quantitative estimate of drug-likeness (QED) is 0.853. The minimum absolute atomic E-state index is 0.0661. The van der Waals surface area contributed by atoms with E-state index in [1.807, 2.05) is 49.4 Å². The summed E-state index contributed by atoms with van der Waals surface area (Å²) in [5, 5.41) is 5.81. The molecule has 0 unspecified atom stereocenters. The van der Waals surface area contributed by atoms with E-state index in [0.717, 1.165) is 24.1 Å². The monoisotopic (exact) mass is 366 g/mol. The zero-order valence-corrected chi connectivity index (χ0v) is 15.1. The number of fused-ring (bicyclic) bond motifs is 1. The summed E-state index contributed by atoms with van der Waals surface area (Å²) in [6.07, 6.45) is 0.834. The number of hydrogen-bond donors (Lipinski definition) is 2. The van der Waals surface area contributed by atoms with Crippen LogP contribution in [0.1, 0.15) is 25.3 Å². The normalized spacial score (nSPS) is 20.6. The highest BCUT2D eigenvalue weighted by Crippen LogP contribution is 2.33. The Balaban J connectivity index is 1.36. The lowest BCUT2D eigenvalue weighted by Gasteiger charge is -2.31. The Kier molecular flexibility index (Phi) is 4.71. The fraction of sp³-hybridized carbons (Fsp3) is 0.333. The van der Waals surface area contributed by atoms with Crippen molar-refractivity contribution in [2.24, 2.45) is 5.92 Å². The number of amides is 2. The van der Waals surface area contributed by atoms with E-state index < -0.39 is 6.10 Å². The van der Waals surface area contributed by atoms with E-state index >= 15 is 0 Å². The number of benzene rings is 2. The Labute approximate surface area is 157 Å². The summed E-state index contributed by atoms with van der Waals surface area (Å²) >= 11 is 0. The number of carbonyl (C=O) groups is 2. The second-order valence-corrected chi connectivity index (χ2v) is 6.99. The molecule has 2 N–H and O–H groups in total. The van der Waals surface area contributed by atoms with Crippen molar-refractivity contribution in [1.29, 1.82) is 0 Å². The van der Waals surface area contributed by atoms with E-state index in [1.165, 1.54) is 0 Å². The zero-order valence-electron chi connectivity index (χ0n) is 15.1. The third-order valence-corrected chi connectivity index (χ3v) is 4.71. The molecule has 2 aromatic rings. The average Bonchev–Trinajstić information content (AvgIpc) is 3.51. The van der Waals surface area contributed by atoms with E-state index in [9.17, 15) is 9.59 Å². The number of ether oxygens (including phenoxy) is 2. The van der Waals surface area contributed by atoms with Crippen molar-refractivity contribution in [2.45, 2.75) is 38.5 Å². The van der Waals surface area contributed by atoms with E-state index in [1.54, 1.807) is 6.07 Å². The Bertz CT molecular complexity index is 863. The second-order valence-electron chi connectivity index (χ2n) is 6.99. The Morgan fingerprint density at radius 3 is 2.48 bits per heavy atom. The van der Waals surface area contributed by atoms with E-state index in [2.05, 4.69) is 10.6 Å². The first-order valence-electron chi connectivity index (χ1n) is 9.20. The highest BCUT2D eigenvalue weighted by Gasteiger charge is 2.34. The van der Waals surface area contributed by atoms with Crippen LogP contribution in [0.2, 0.25) is 0 Å². The van der Waals surface area contributed by atoms with Crippen molar-refractivity contribution < 1.29 is 19.1 Å². The maximum Gasteiger partial charge on any atom is 0.265 e. The van der Waals surface area contributed by atoms with Gasteiger partial charge in [-0.3, -0.25) is 9.59 Å². The Hall–Kier alpha value is -3.02. The molecule has 0 saturated heterocycles. The van der Waals surface area contributed by atoms with Gasteiger partial charge in [0.15, 0.2) is 11.5 Å². The van der Waals surface area contributed by atoms with Gasteiger partial charge >= 0.3 is 0 Å². The van der Waals surface area contributed by atoms with Gasteiger partial charge in [0.25, 0.3) is 5.91 Å². The fourth-order valence-corrected chi connectivity index (χ4v) is 3.04. The van der Waals surface area contributed by atoms with Crippen LogP contribution in [0.3, 0.4) is 0 Å². The first-order chi connectivity index (χ1) is 13.1. The Morgan fingerprint density at radius 2 is 1.74 bits per heavy atom. The molecule has 140 valence electrons. The lowest BCUT2D eigenvalue weighted by molar-refractivity contribution is -0.133. The third-order valence-electron chi connectivity index (χ3n) is 4.71. The predicted molar refractivity (Wildman–Crippen MR) is 101 cm³/mol. The minimum Gasteiger partial charge on any atom is -0.482 e. The lowest BCUT2D eigenvalue weighted by atomic mass is 10.1. The van der Waals surface area contributed by atoms with Gasteiger partial charge in [-0.25, -0.2) is 0 Å². The van der Waals surface area contributed by atoms with Gasteiger partial charge in [0.1, 0.15) is 6.10 Å². The molecule has 0 spiro atoms. The number of para-hydroxylation sites is 2. The largest absolute Gasteiger partial charge is 0.482 e. The fourth-order valence-electron chi connectivity index (χ4n) is 3.04. The van der Waals surface area contributed by atoms with E-state index in [0.29, 0.717) is 18.0 Å². The molecule has 2 amide bonds.